The van der Waals surface area contributed by atoms with E-state index in [0.717, 1.165) is 0 Å². The molecule has 2 amide bonds. The van der Waals surface area contributed by atoms with E-state index < -0.39 is 11.2 Å². The van der Waals surface area contributed by atoms with Crippen LogP contribution in [0.15, 0.2) is 38.3 Å². The number of methoxy groups -OCH3 is 1. The van der Waals surface area contributed by atoms with Crippen molar-refractivity contribution in [3.63, 3.8) is 0 Å². The Balaban J connectivity index is 1.47. The summed E-state index contributed by atoms with van der Waals surface area (Å²) in [6.07, 6.45) is -0.122. The SMILES string of the molecule is COc1cc2oc(=O)c(CC(=O)N3CCN(C(=O)c4ccc(=O)[nH]n4)CC3)c(C)c2cc1Cl. The molecule has 0 radical (unpaired) electrons. The molecule has 0 saturated carbocycles. The number of nitrogens with one attached hydrogen (secondary N) is 1. The lowest BCUT2D eigenvalue weighted by Gasteiger charge is -2.34. The van der Waals surface area contributed by atoms with Crippen LogP contribution in [0.1, 0.15) is 21.6 Å². The summed E-state index contributed by atoms with van der Waals surface area (Å²) in [6, 6.07) is 5.80. The Morgan fingerprint density at radius 1 is 1.15 bits per heavy atom. The summed E-state index contributed by atoms with van der Waals surface area (Å²) < 4.78 is 10.6. The first-order valence-corrected chi connectivity index (χ1v) is 10.6. The topological polar surface area (TPSA) is 126 Å². The zero-order valence-electron chi connectivity index (χ0n) is 18.0. The average Bonchev–Trinajstić information content (AvgIpc) is 2.82. The number of fused-ring (bicyclic) bond motifs is 1. The third-order valence-corrected chi connectivity index (χ3v) is 6.00. The van der Waals surface area contributed by atoms with Crippen LogP contribution < -0.4 is 15.9 Å². The molecule has 1 aromatic carbocycles. The Morgan fingerprint density at radius 2 is 1.85 bits per heavy atom. The molecule has 0 unspecified atom stereocenters. The first-order valence-electron chi connectivity index (χ1n) is 10.2. The molecule has 11 heteroatoms. The second-order valence-corrected chi connectivity index (χ2v) is 8.04. The Morgan fingerprint density at radius 3 is 2.48 bits per heavy atom. The molecule has 1 saturated heterocycles. The number of carbonyl (C=O) groups is 2. The van der Waals surface area contributed by atoms with Gasteiger partial charge in [0.25, 0.3) is 11.5 Å². The van der Waals surface area contributed by atoms with Crippen molar-refractivity contribution in [2.45, 2.75) is 13.3 Å². The first kappa shape index (κ1) is 22.5. The standard InChI is InChI=1S/C22H21ClN4O6/c1-12-13-9-15(23)18(32-2)11-17(13)33-22(31)14(12)10-20(29)26-5-7-27(8-6-26)21(30)16-3-4-19(28)25-24-16/h3-4,9,11H,5-8,10H2,1-2H3,(H,25,28). The van der Waals surface area contributed by atoms with Crippen LogP contribution in [-0.2, 0) is 11.2 Å². The number of benzene rings is 1. The summed E-state index contributed by atoms with van der Waals surface area (Å²) in [5.74, 6) is -0.171. The van der Waals surface area contributed by atoms with E-state index in [1.807, 2.05) is 0 Å². The summed E-state index contributed by atoms with van der Waals surface area (Å²) in [5.41, 5.74) is 0.376. The maximum absolute atomic E-state index is 12.9. The van der Waals surface area contributed by atoms with Crippen LogP contribution >= 0.6 is 11.6 Å². The number of hydrogen-bond acceptors (Lipinski definition) is 7. The van der Waals surface area contributed by atoms with Gasteiger partial charge in [0, 0.05) is 43.7 Å². The number of nitrogens with zero attached hydrogens (tertiary/aromatic N) is 3. The molecule has 3 aromatic rings. The molecule has 10 nitrogen and oxygen atoms in total. The van der Waals surface area contributed by atoms with Gasteiger partial charge in [-0.1, -0.05) is 11.6 Å². The number of amides is 2. The molecule has 0 atom stereocenters. The normalized spacial score (nSPS) is 13.9. The van der Waals surface area contributed by atoms with Crippen LogP contribution in [0.5, 0.6) is 5.75 Å². The van der Waals surface area contributed by atoms with Crippen molar-refractivity contribution in [1.82, 2.24) is 20.0 Å². The van der Waals surface area contributed by atoms with Gasteiger partial charge in [0.1, 0.15) is 17.0 Å². The lowest BCUT2D eigenvalue weighted by Crippen LogP contribution is -2.51. The van der Waals surface area contributed by atoms with Crippen LogP contribution in [0, 0.1) is 6.92 Å². The molecular formula is C22H21ClN4O6. The minimum Gasteiger partial charge on any atom is -0.495 e. The molecule has 1 aliphatic rings. The highest BCUT2D eigenvalue weighted by molar-refractivity contribution is 6.32. The van der Waals surface area contributed by atoms with Gasteiger partial charge in [0.05, 0.1) is 24.1 Å². The van der Waals surface area contributed by atoms with Crippen molar-refractivity contribution in [2.24, 2.45) is 0 Å². The molecule has 172 valence electrons. The van der Waals surface area contributed by atoms with Gasteiger partial charge in [-0.3, -0.25) is 14.4 Å². The Labute approximate surface area is 192 Å². The second kappa shape index (κ2) is 9.07. The van der Waals surface area contributed by atoms with Crippen molar-refractivity contribution in [2.75, 3.05) is 33.3 Å². The van der Waals surface area contributed by atoms with E-state index in [1.165, 1.54) is 19.2 Å². The minimum atomic E-state index is -0.587. The fraction of sp³-hybridized carbons (Fsp3) is 0.318. The Bertz CT molecular complexity index is 1340. The fourth-order valence-corrected chi connectivity index (χ4v) is 4.04. The molecule has 2 aromatic heterocycles. The maximum Gasteiger partial charge on any atom is 0.340 e. The molecule has 0 aliphatic carbocycles. The Hall–Kier alpha value is -3.66. The molecule has 1 N–H and O–H groups in total. The van der Waals surface area contributed by atoms with Crippen LogP contribution in [0.2, 0.25) is 5.02 Å². The average molecular weight is 473 g/mol. The number of rotatable bonds is 4. The summed E-state index contributed by atoms with van der Waals surface area (Å²) in [4.78, 5) is 52.3. The summed E-state index contributed by atoms with van der Waals surface area (Å²) in [5, 5.41) is 6.99. The molecule has 0 bridgehead atoms. The minimum absolute atomic E-state index is 0.122. The van der Waals surface area contributed by atoms with E-state index in [4.69, 9.17) is 20.8 Å². The van der Waals surface area contributed by atoms with E-state index in [-0.39, 0.29) is 29.5 Å². The molecule has 0 spiro atoms. The number of aryl methyl sites for hydroxylation is 1. The summed E-state index contributed by atoms with van der Waals surface area (Å²) in [7, 11) is 1.47. The van der Waals surface area contributed by atoms with Gasteiger partial charge in [-0.25, -0.2) is 9.89 Å². The van der Waals surface area contributed by atoms with Crippen LogP contribution in [0.4, 0.5) is 0 Å². The predicted molar refractivity (Wildman–Crippen MR) is 120 cm³/mol. The number of H-pyrrole nitrogens is 1. The first-order chi connectivity index (χ1) is 15.8. The van der Waals surface area contributed by atoms with Crippen LogP contribution in [-0.4, -0.2) is 65.1 Å². The van der Waals surface area contributed by atoms with Gasteiger partial charge in [-0.05, 0) is 24.6 Å². The summed E-state index contributed by atoms with van der Waals surface area (Å²) in [6.45, 7) is 3.00. The highest BCUT2D eigenvalue weighted by Crippen LogP contribution is 2.31. The van der Waals surface area contributed by atoms with E-state index in [2.05, 4.69) is 10.2 Å². The van der Waals surface area contributed by atoms with E-state index >= 15 is 0 Å². The van der Waals surface area contributed by atoms with Crippen molar-refractivity contribution in [3.8, 4) is 5.75 Å². The smallest absolute Gasteiger partial charge is 0.340 e. The quantitative estimate of drug-likeness (QED) is 0.568. The largest absolute Gasteiger partial charge is 0.495 e. The number of halogens is 1. The number of ether oxygens (including phenoxy) is 1. The van der Waals surface area contributed by atoms with Gasteiger partial charge in [0.2, 0.25) is 5.91 Å². The number of carbonyl (C=O) groups excluding carboxylic acids is 2. The molecule has 1 fully saturated rings. The number of piperazine rings is 1. The molecule has 4 rings (SSSR count). The predicted octanol–water partition coefficient (Wildman–Crippen LogP) is 1.37. The fourth-order valence-electron chi connectivity index (χ4n) is 3.80. The van der Waals surface area contributed by atoms with E-state index in [0.29, 0.717) is 53.5 Å². The maximum atomic E-state index is 12.9. The van der Waals surface area contributed by atoms with Crippen molar-refractivity contribution < 1.29 is 18.7 Å². The van der Waals surface area contributed by atoms with Gasteiger partial charge in [-0.2, -0.15) is 5.10 Å². The van der Waals surface area contributed by atoms with Crippen molar-refractivity contribution in [1.29, 1.82) is 0 Å². The Kier molecular flexibility index (Phi) is 6.19. The molecule has 3 heterocycles. The van der Waals surface area contributed by atoms with Crippen molar-refractivity contribution in [3.05, 3.63) is 66.9 Å². The lowest BCUT2D eigenvalue weighted by molar-refractivity contribution is -0.132. The lowest BCUT2D eigenvalue weighted by atomic mass is 10.0. The van der Waals surface area contributed by atoms with Gasteiger partial charge < -0.3 is 19.0 Å². The second-order valence-electron chi connectivity index (χ2n) is 7.63. The monoisotopic (exact) mass is 472 g/mol. The van der Waals surface area contributed by atoms with Gasteiger partial charge >= 0.3 is 5.63 Å². The van der Waals surface area contributed by atoms with Crippen LogP contribution in [0.3, 0.4) is 0 Å². The van der Waals surface area contributed by atoms with Crippen molar-refractivity contribution >= 4 is 34.4 Å². The number of aromatic nitrogens is 2. The van der Waals surface area contributed by atoms with Gasteiger partial charge in [0.15, 0.2) is 0 Å². The number of hydrogen-bond donors (Lipinski definition) is 1. The highest BCUT2D eigenvalue weighted by Gasteiger charge is 2.27. The highest BCUT2D eigenvalue weighted by atomic mass is 35.5. The third kappa shape index (κ3) is 4.47. The molecular weight excluding hydrogens is 452 g/mol. The molecule has 1 aliphatic heterocycles. The van der Waals surface area contributed by atoms with E-state index in [1.54, 1.807) is 28.9 Å². The van der Waals surface area contributed by atoms with E-state index in [9.17, 15) is 19.2 Å². The third-order valence-electron chi connectivity index (χ3n) is 5.71. The molecule has 33 heavy (non-hydrogen) atoms. The van der Waals surface area contributed by atoms with Crippen LogP contribution in [0.25, 0.3) is 11.0 Å². The number of aromatic amines is 1. The zero-order valence-corrected chi connectivity index (χ0v) is 18.8. The summed E-state index contributed by atoms with van der Waals surface area (Å²) >= 11 is 6.21. The van der Waals surface area contributed by atoms with Gasteiger partial charge in [-0.15, -0.1) is 0 Å². The zero-order chi connectivity index (χ0) is 23.7.